The first-order valence-electron chi connectivity index (χ1n) is 5.26. The number of hydrogen-bond donors (Lipinski definition) is 1. The average Bonchev–Trinajstić information content (AvgIpc) is 2.30. The lowest BCUT2D eigenvalue weighted by Crippen LogP contribution is -1.95. The molecule has 0 bridgehead atoms. The monoisotopic (exact) mass is 318 g/mol. The summed E-state index contributed by atoms with van der Waals surface area (Å²) in [5.74, 6) is 0.657. The number of thioether (sulfide) groups is 1. The highest BCUT2D eigenvalue weighted by atomic mass is 35.5. The molecule has 0 aliphatic carbocycles. The van der Waals surface area contributed by atoms with E-state index in [1.54, 1.807) is 12.1 Å². The van der Waals surface area contributed by atoms with E-state index in [0.717, 1.165) is 10.5 Å². The Bertz CT molecular complexity index is 541. The first-order chi connectivity index (χ1) is 8.90. The third kappa shape index (κ3) is 5.55. The van der Waals surface area contributed by atoms with Crippen LogP contribution in [0, 0.1) is 10.1 Å². The van der Waals surface area contributed by atoms with E-state index in [-0.39, 0.29) is 15.9 Å². The van der Waals surface area contributed by atoms with E-state index in [9.17, 15) is 10.1 Å². The Kier molecular flexibility index (Phi) is 6.21. The molecule has 0 radical (unpaired) electrons. The number of hydrogen-bond acceptors (Lipinski definition) is 4. The van der Waals surface area contributed by atoms with Crippen molar-refractivity contribution in [3.8, 4) is 0 Å². The van der Waals surface area contributed by atoms with Gasteiger partial charge in [-0.1, -0.05) is 34.9 Å². The summed E-state index contributed by atoms with van der Waals surface area (Å²) in [6.07, 6.45) is 3.56. The molecular formula is C12H12Cl2N2O2S. The Morgan fingerprint density at radius 2 is 2.21 bits per heavy atom. The highest BCUT2D eigenvalue weighted by molar-refractivity contribution is 7.99. The topological polar surface area (TPSA) is 69.2 Å². The van der Waals surface area contributed by atoms with Gasteiger partial charge in [-0.25, -0.2) is 0 Å². The standard InChI is InChI=1S/C12H12Cl2N2O2S/c1-8(6-12(13)14)4-5-19-9-2-3-10(15)11(7-9)16(17)18/h2-4,6-7H,5,15H2,1H3. The maximum atomic E-state index is 10.7. The Labute approximate surface area is 125 Å². The maximum Gasteiger partial charge on any atom is 0.293 e. The van der Waals surface area contributed by atoms with E-state index in [1.165, 1.54) is 23.9 Å². The third-order valence-electron chi connectivity index (χ3n) is 2.19. The van der Waals surface area contributed by atoms with Crippen LogP contribution in [0.3, 0.4) is 0 Å². The van der Waals surface area contributed by atoms with Crippen LogP contribution >= 0.6 is 35.0 Å². The van der Waals surface area contributed by atoms with Gasteiger partial charge in [0.2, 0.25) is 0 Å². The molecule has 0 atom stereocenters. The van der Waals surface area contributed by atoms with Gasteiger partial charge in [-0.2, -0.15) is 0 Å². The number of halogens is 2. The van der Waals surface area contributed by atoms with E-state index in [2.05, 4.69) is 0 Å². The van der Waals surface area contributed by atoms with E-state index in [0.29, 0.717) is 5.75 Å². The van der Waals surface area contributed by atoms with Crippen LogP contribution in [0.15, 0.2) is 45.3 Å². The van der Waals surface area contributed by atoms with Crippen LogP contribution in [0.5, 0.6) is 0 Å². The zero-order valence-electron chi connectivity index (χ0n) is 10.1. The Balaban J connectivity index is 2.72. The van der Waals surface area contributed by atoms with Gasteiger partial charge in [0.05, 0.1) is 4.92 Å². The summed E-state index contributed by atoms with van der Waals surface area (Å²) in [6, 6.07) is 4.75. The van der Waals surface area contributed by atoms with Gasteiger partial charge in [0.25, 0.3) is 5.69 Å². The summed E-state index contributed by atoms with van der Waals surface area (Å²) in [6.45, 7) is 1.87. The fourth-order valence-corrected chi connectivity index (χ4v) is 2.51. The summed E-state index contributed by atoms with van der Waals surface area (Å²) >= 11 is 12.5. The predicted octanol–water partition coefficient (Wildman–Crippen LogP) is 4.53. The number of benzene rings is 1. The highest BCUT2D eigenvalue weighted by Crippen LogP contribution is 2.28. The van der Waals surface area contributed by atoms with Crippen LogP contribution in [0.25, 0.3) is 0 Å². The molecule has 0 unspecified atom stereocenters. The molecule has 7 heteroatoms. The first-order valence-corrected chi connectivity index (χ1v) is 7.00. The number of nitro groups is 1. The zero-order valence-corrected chi connectivity index (χ0v) is 12.4. The Hall–Kier alpha value is -1.17. The van der Waals surface area contributed by atoms with Crippen molar-refractivity contribution in [3.05, 3.63) is 50.5 Å². The fourth-order valence-electron chi connectivity index (χ4n) is 1.27. The molecule has 0 amide bonds. The van der Waals surface area contributed by atoms with Crippen LogP contribution in [0.2, 0.25) is 0 Å². The van der Waals surface area contributed by atoms with Crippen molar-refractivity contribution in [1.29, 1.82) is 0 Å². The molecule has 1 aromatic carbocycles. The summed E-state index contributed by atoms with van der Waals surface area (Å²) < 4.78 is 0.196. The van der Waals surface area contributed by atoms with Crippen molar-refractivity contribution in [3.63, 3.8) is 0 Å². The molecular weight excluding hydrogens is 307 g/mol. The van der Waals surface area contributed by atoms with Crippen molar-refractivity contribution in [2.75, 3.05) is 11.5 Å². The van der Waals surface area contributed by atoms with Gasteiger partial charge < -0.3 is 5.73 Å². The Morgan fingerprint density at radius 3 is 2.79 bits per heavy atom. The van der Waals surface area contributed by atoms with E-state index >= 15 is 0 Å². The molecule has 1 rings (SSSR count). The van der Waals surface area contributed by atoms with E-state index in [4.69, 9.17) is 28.9 Å². The second kappa shape index (κ2) is 7.43. The molecule has 0 saturated carbocycles. The van der Waals surface area contributed by atoms with Gasteiger partial charge in [-0.15, -0.1) is 11.8 Å². The summed E-state index contributed by atoms with van der Waals surface area (Å²) in [5.41, 5.74) is 6.54. The molecule has 102 valence electrons. The molecule has 0 heterocycles. The van der Waals surface area contributed by atoms with E-state index in [1.807, 2.05) is 13.0 Å². The molecule has 0 saturated heterocycles. The van der Waals surface area contributed by atoms with Crippen molar-refractivity contribution in [2.24, 2.45) is 0 Å². The van der Waals surface area contributed by atoms with Crippen molar-refractivity contribution >= 4 is 46.3 Å². The van der Waals surface area contributed by atoms with Gasteiger partial charge in [0, 0.05) is 16.7 Å². The van der Waals surface area contributed by atoms with Crippen LogP contribution in [-0.4, -0.2) is 10.7 Å². The lowest BCUT2D eigenvalue weighted by atomic mass is 10.3. The minimum Gasteiger partial charge on any atom is -0.393 e. The Morgan fingerprint density at radius 1 is 1.53 bits per heavy atom. The molecule has 0 spiro atoms. The number of nitrogen functional groups attached to an aromatic ring is 1. The van der Waals surface area contributed by atoms with E-state index < -0.39 is 4.92 Å². The second-order valence-electron chi connectivity index (χ2n) is 3.67. The normalized spacial score (nSPS) is 11.2. The number of nitro benzene ring substituents is 1. The van der Waals surface area contributed by atoms with Crippen LogP contribution < -0.4 is 5.73 Å². The first kappa shape index (κ1) is 15.9. The third-order valence-corrected chi connectivity index (χ3v) is 3.33. The smallest absolute Gasteiger partial charge is 0.293 e. The van der Waals surface area contributed by atoms with Crippen LogP contribution in [0.4, 0.5) is 11.4 Å². The lowest BCUT2D eigenvalue weighted by Gasteiger charge is -2.01. The second-order valence-corrected chi connectivity index (χ2v) is 5.77. The van der Waals surface area contributed by atoms with Crippen molar-refractivity contribution in [2.45, 2.75) is 11.8 Å². The zero-order chi connectivity index (χ0) is 14.4. The molecule has 2 N–H and O–H groups in total. The molecule has 4 nitrogen and oxygen atoms in total. The summed E-state index contributed by atoms with van der Waals surface area (Å²) in [4.78, 5) is 11.0. The van der Waals surface area contributed by atoms with Gasteiger partial charge in [-0.05, 0) is 25.1 Å². The highest BCUT2D eigenvalue weighted by Gasteiger charge is 2.11. The minimum absolute atomic E-state index is 0.0746. The number of nitrogens with two attached hydrogens (primary N) is 1. The average molecular weight is 319 g/mol. The number of allylic oxidation sites excluding steroid dienone is 2. The lowest BCUT2D eigenvalue weighted by molar-refractivity contribution is -0.384. The fraction of sp³-hybridized carbons (Fsp3) is 0.167. The van der Waals surface area contributed by atoms with Gasteiger partial charge in [0.1, 0.15) is 10.2 Å². The molecule has 0 aromatic heterocycles. The van der Waals surface area contributed by atoms with Crippen LogP contribution in [-0.2, 0) is 0 Å². The van der Waals surface area contributed by atoms with Crippen molar-refractivity contribution in [1.82, 2.24) is 0 Å². The molecule has 0 fully saturated rings. The number of nitrogens with zero attached hydrogens (tertiary/aromatic N) is 1. The minimum atomic E-state index is -0.490. The van der Waals surface area contributed by atoms with Crippen molar-refractivity contribution < 1.29 is 4.92 Å². The number of anilines is 1. The summed E-state index contributed by atoms with van der Waals surface area (Å²) in [7, 11) is 0. The molecule has 0 aliphatic heterocycles. The largest absolute Gasteiger partial charge is 0.393 e. The molecule has 1 aromatic rings. The molecule has 19 heavy (non-hydrogen) atoms. The number of rotatable bonds is 5. The quantitative estimate of drug-likeness (QED) is 0.284. The predicted molar refractivity (Wildman–Crippen MR) is 81.8 cm³/mol. The van der Waals surface area contributed by atoms with Crippen LogP contribution in [0.1, 0.15) is 6.92 Å². The van der Waals surface area contributed by atoms with Gasteiger partial charge in [-0.3, -0.25) is 10.1 Å². The molecule has 0 aliphatic rings. The summed E-state index contributed by atoms with van der Waals surface area (Å²) in [5, 5.41) is 10.7. The maximum absolute atomic E-state index is 10.7. The van der Waals surface area contributed by atoms with Gasteiger partial charge in [0.15, 0.2) is 0 Å². The SMILES string of the molecule is CC(C=C(Cl)Cl)=CCSc1ccc(N)c([N+](=O)[O-])c1. The van der Waals surface area contributed by atoms with Gasteiger partial charge >= 0.3 is 0 Å².